The normalized spacial score (nSPS) is 10.8. The second-order valence-corrected chi connectivity index (χ2v) is 5.59. The van der Waals surface area contributed by atoms with Gasteiger partial charge in [-0.05, 0) is 0 Å². The molecule has 0 aliphatic carbocycles. The molecule has 0 spiro atoms. The third-order valence-corrected chi connectivity index (χ3v) is 3.73. The number of carbonyl (C=O) groups is 1. The van der Waals surface area contributed by atoms with Gasteiger partial charge in [0.05, 0.1) is 24.3 Å². The average molecular weight is 337 g/mol. The minimum atomic E-state index is -1.57. The lowest BCUT2D eigenvalue weighted by molar-refractivity contribution is -0.124. The summed E-state index contributed by atoms with van der Waals surface area (Å²) in [5, 5.41) is 20.2. The van der Waals surface area contributed by atoms with Gasteiger partial charge in [0.25, 0.3) is 0 Å². The first-order chi connectivity index (χ1) is 12.1. The fourth-order valence-electron chi connectivity index (χ4n) is 2.62. The summed E-state index contributed by atoms with van der Waals surface area (Å²) in [6.07, 6.45) is 0.0554. The van der Waals surface area contributed by atoms with Crippen molar-refractivity contribution in [1.82, 2.24) is 14.9 Å². The van der Waals surface area contributed by atoms with E-state index in [0.717, 1.165) is 22.5 Å². The van der Waals surface area contributed by atoms with Gasteiger partial charge in [0.1, 0.15) is 6.54 Å². The Hall–Kier alpha value is -2.96. The first-order valence-corrected chi connectivity index (χ1v) is 7.94. The largest absolute Gasteiger partial charge is 0.367 e. The van der Waals surface area contributed by atoms with E-state index >= 15 is 0 Å². The summed E-state index contributed by atoms with van der Waals surface area (Å²) in [6, 6.07) is 19.5. The molecule has 3 N–H and O–H groups in total. The molecular formula is C19H19N3O3. The van der Waals surface area contributed by atoms with Crippen LogP contribution in [0.4, 0.5) is 0 Å². The second-order valence-electron chi connectivity index (χ2n) is 5.59. The smallest absolute Gasteiger partial charge is 0.240 e. The van der Waals surface area contributed by atoms with E-state index in [1.165, 1.54) is 0 Å². The molecule has 0 radical (unpaired) electrons. The van der Waals surface area contributed by atoms with E-state index in [2.05, 4.69) is 10.3 Å². The predicted octanol–water partition coefficient (Wildman–Crippen LogP) is 1.64. The third kappa shape index (κ3) is 4.12. The summed E-state index contributed by atoms with van der Waals surface area (Å²) in [5.41, 5.74) is 3.55. The highest BCUT2D eigenvalue weighted by atomic mass is 16.5. The van der Waals surface area contributed by atoms with Crippen molar-refractivity contribution in [2.24, 2.45) is 0 Å². The number of benzene rings is 2. The first-order valence-electron chi connectivity index (χ1n) is 7.94. The van der Waals surface area contributed by atoms with Gasteiger partial charge in [-0.1, -0.05) is 60.7 Å². The van der Waals surface area contributed by atoms with E-state index in [1.807, 2.05) is 60.7 Å². The summed E-state index contributed by atoms with van der Waals surface area (Å²) in [7, 11) is 0. The van der Waals surface area contributed by atoms with E-state index in [0.29, 0.717) is 0 Å². The molecule has 3 rings (SSSR count). The molecule has 2 aromatic carbocycles. The zero-order valence-corrected chi connectivity index (χ0v) is 13.5. The van der Waals surface area contributed by atoms with E-state index in [9.17, 15) is 4.79 Å². The number of rotatable bonds is 6. The molecule has 0 unspecified atom stereocenters. The SMILES string of the molecule is O=C(Cn1cnc(-c2ccccc2)c1-c1ccccc1)NCC(O)O. The van der Waals surface area contributed by atoms with Crippen LogP contribution in [0, 0.1) is 0 Å². The predicted molar refractivity (Wildman–Crippen MR) is 94.3 cm³/mol. The number of imidazole rings is 1. The number of hydrogen-bond donors (Lipinski definition) is 3. The van der Waals surface area contributed by atoms with E-state index in [4.69, 9.17) is 10.2 Å². The molecule has 3 aromatic rings. The highest BCUT2D eigenvalue weighted by Gasteiger charge is 2.16. The van der Waals surface area contributed by atoms with Crippen LogP contribution in [0.3, 0.4) is 0 Å². The number of carbonyl (C=O) groups excluding carboxylic acids is 1. The van der Waals surface area contributed by atoms with Gasteiger partial charge in [-0.3, -0.25) is 4.79 Å². The van der Waals surface area contributed by atoms with Gasteiger partial charge in [0.15, 0.2) is 6.29 Å². The lowest BCUT2D eigenvalue weighted by atomic mass is 10.0. The molecule has 0 fully saturated rings. The van der Waals surface area contributed by atoms with Crippen molar-refractivity contribution >= 4 is 5.91 Å². The Labute approximate surface area is 145 Å². The van der Waals surface area contributed by atoms with Crippen molar-refractivity contribution in [2.75, 3.05) is 6.54 Å². The molecule has 0 atom stereocenters. The summed E-state index contributed by atoms with van der Waals surface area (Å²) >= 11 is 0. The number of aliphatic hydroxyl groups excluding tert-OH is 1. The molecule has 0 bridgehead atoms. The van der Waals surface area contributed by atoms with Gasteiger partial charge in [0, 0.05) is 11.1 Å². The van der Waals surface area contributed by atoms with Crippen LogP contribution < -0.4 is 5.32 Å². The van der Waals surface area contributed by atoms with Crippen molar-refractivity contribution < 1.29 is 15.0 Å². The molecule has 1 heterocycles. The van der Waals surface area contributed by atoms with Crippen molar-refractivity contribution in [1.29, 1.82) is 0 Å². The lowest BCUT2D eigenvalue weighted by Gasteiger charge is -2.11. The Morgan fingerprint density at radius 2 is 1.60 bits per heavy atom. The van der Waals surface area contributed by atoms with Crippen molar-refractivity contribution in [3.63, 3.8) is 0 Å². The number of aliphatic hydroxyl groups is 2. The molecule has 128 valence electrons. The van der Waals surface area contributed by atoms with Gasteiger partial charge in [-0.2, -0.15) is 0 Å². The van der Waals surface area contributed by atoms with Crippen molar-refractivity contribution in [3.8, 4) is 22.5 Å². The monoisotopic (exact) mass is 337 g/mol. The minimum Gasteiger partial charge on any atom is -0.367 e. The van der Waals surface area contributed by atoms with Crippen molar-refractivity contribution in [3.05, 3.63) is 67.0 Å². The van der Waals surface area contributed by atoms with E-state index in [1.54, 1.807) is 10.9 Å². The number of amides is 1. The van der Waals surface area contributed by atoms with Crippen LogP contribution in [-0.4, -0.2) is 38.5 Å². The fraction of sp³-hybridized carbons (Fsp3) is 0.158. The summed E-state index contributed by atoms with van der Waals surface area (Å²) in [4.78, 5) is 16.6. The molecule has 1 amide bonds. The lowest BCUT2D eigenvalue weighted by Crippen LogP contribution is -2.34. The summed E-state index contributed by atoms with van der Waals surface area (Å²) < 4.78 is 1.76. The van der Waals surface area contributed by atoms with Gasteiger partial charge in [-0.15, -0.1) is 0 Å². The zero-order valence-electron chi connectivity index (χ0n) is 13.5. The standard InChI is InChI=1S/C19H19N3O3/c23-16(20-11-17(24)25)12-22-13-21-18(14-7-3-1-4-8-14)19(22)15-9-5-2-6-10-15/h1-10,13,17,24-25H,11-12H2,(H,20,23). The Morgan fingerprint density at radius 3 is 2.20 bits per heavy atom. The fourth-order valence-corrected chi connectivity index (χ4v) is 2.62. The molecule has 6 nitrogen and oxygen atoms in total. The summed E-state index contributed by atoms with van der Waals surface area (Å²) in [5.74, 6) is -0.317. The Bertz CT molecular complexity index is 830. The maximum atomic E-state index is 12.1. The van der Waals surface area contributed by atoms with Gasteiger partial charge < -0.3 is 20.1 Å². The molecule has 0 aliphatic heterocycles. The van der Waals surface area contributed by atoms with Crippen LogP contribution in [-0.2, 0) is 11.3 Å². The number of nitrogens with one attached hydrogen (secondary N) is 1. The molecule has 0 aliphatic rings. The van der Waals surface area contributed by atoms with Crippen LogP contribution in [0.5, 0.6) is 0 Å². The molecule has 1 aromatic heterocycles. The Kier molecular flexibility index (Phi) is 5.23. The quantitative estimate of drug-likeness (QED) is 0.597. The van der Waals surface area contributed by atoms with Crippen LogP contribution >= 0.6 is 0 Å². The maximum Gasteiger partial charge on any atom is 0.240 e. The van der Waals surface area contributed by atoms with Crippen molar-refractivity contribution in [2.45, 2.75) is 12.8 Å². The Morgan fingerprint density at radius 1 is 1.00 bits per heavy atom. The van der Waals surface area contributed by atoms with E-state index < -0.39 is 6.29 Å². The topological polar surface area (TPSA) is 87.4 Å². The van der Waals surface area contributed by atoms with Crippen LogP contribution in [0.2, 0.25) is 0 Å². The molecular weight excluding hydrogens is 318 g/mol. The van der Waals surface area contributed by atoms with Gasteiger partial charge in [0.2, 0.25) is 5.91 Å². The number of hydrogen-bond acceptors (Lipinski definition) is 4. The van der Waals surface area contributed by atoms with Crippen LogP contribution in [0.15, 0.2) is 67.0 Å². The number of nitrogens with zero attached hydrogens (tertiary/aromatic N) is 2. The zero-order chi connectivity index (χ0) is 17.6. The molecule has 0 saturated heterocycles. The second kappa shape index (κ2) is 7.74. The van der Waals surface area contributed by atoms with Crippen LogP contribution in [0.1, 0.15) is 0 Å². The van der Waals surface area contributed by atoms with Gasteiger partial charge in [-0.25, -0.2) is 4.98 Å². The summed E-state index contributed by atoms with van der Waals surface area (Å²) in [6.45, 7) is -0.170. The molecule has 6 heteroatoms. The minimum absolute atomic E-state index is 0.0385. The highest BCUT2D eigenvalue weighted by Crippen LogP contribution is 2.30. The third-order valence-electron chi connectivity index (χ3n) is 3.73. The highest BCUT2D eigenvalue weighted by molar-refractivity contribution is 5.81. The van der Waals surface area contributed by atoms with Gasteiger partial charge >= 0.3 is 0 Å². The maximum absolute atomic E-state index is 12.1. The van der Waals surface area contributed by atoms with E-state index in [-0.39, 0.29) is 19.0 Å². The first kappa shape index (κ1) is 16.9. The number of aromatic nitrogens is 2. The molecule has 25 heavy (non-hydrogen) atoms. The van der Waals surface area contributed by atoms with Crippen LogP contribution in [0.25, 0.3) is 22.5 Å². The molecule has 0 saturated carbocycles. The Balaban J connectivity index is 1.96. The average Bonchev–Trinajstić information content (AvgIpc) is 3.05.